The molecule has 7 nitrogen and oxygen atoms in total. The first-order valence-electron chi connectivity index (χ1n) is 8.69. The van der Waals surface area contributed by atoms with Gasteiger partial charge in [-0.3, -0.25) is 9.59 Å². The molecule has 25 heavy (non-hydrogen) atoms. The van der Waals surface area contributed by atoms with Gasteiger partial charge >= 0.3 is 5.97 Å². The van der Waals surface area contributed by atoms with E-state index in [0.717, 1.165) is 19.3 Å². The van der Waals surface area contributed by atoms with Crippen LogP contribution in [-0.2, 0) is 23.8 Å². The summed E-state index contributed by atoms with van der Waals surface area (Å²) in [6, 6.07) is -0.112. The molecule has 0 aromatic heterocycles. The molecule has 2 aliphatic rings. The summed E-state index contributed by atoms with van der Waals surface area (Å²) in [4.78, 5) is 25.7. The number of hydrogen-bond acceptors (Lipinski definition) is 6. The van der Waals surface area contributed by atoms with Crippen molar-refractivity contribution in [1.29, 1.82) is 0 Å². The Balaban J connectivity index is 1.95. The summed E-state index contributed by atoms with van der Waals surface area (Å²) in [6.07, 6.45) is 7.10. The second kappa shape index (κ2) is 9.46. The van der Waals surface area contributed by atoms with Crippen LogP contribution in [0.15, 0.2) is 23.7 Å². The number of ether oxygens (including phenoxy) is 3. The molecule has 1 aliphatic carbocycles. The Hall–Kier alpha value is -2.02. The molecule has 0 aromatic carbocycles. The largest absolute Gasteiger partial charge is 0.493 e. The number of likely N-dealkylation sites (tertiary alicyclic amines) is 1. The van der Waals surface area contributed by atoms with E-state index in [-0.39, 0.29) is 30.9 Å². The monoisotopic (exact) mass is 353 g/mol. The van der Waals surface area contributed by atoms with Crippen LogP contribution in [0.2, 0.25) is 0 Å². The predicted octanol–water partition coefficient (Wildman–Crippen LogP) is 1.37. The van der Waals surface area contributed by atoms with Crippen molar-refractivity contribution in [2.45, 2.75) is 38.1 Å². The molecular formula is C18H27NO6. The molecule has 1 saturated heterocycles. The molecule has 0 aromatic rings. The van der Waals surface area contributed by atoms with Gasteiger partial charge in [0.15, 0.2) is 11.5 Å². The van der Waals surface area contributed by atoms with E-state index >= 15 is 0 Å². The molecule has 1 aliphatic heterocycles. The summed E-state index contributed by atoms with van der Waals surface area (Å²) in [5.41, 5.74) is 0. The van der Waals surface area contributed by atoms with Gasteiger partial charge in [0.25, 0.3) is 0 Å². The van der Waals surface area contributed by atoms with E-state index in [1.165, 1.54) is 14.2 Å². The van der Waals surface area contributed by atoms with Crippen LogP contribution in [0.1, 0.15) is 32.1 Å². The van der Waals surface area contributed by atoms with Gasteiger partial charge in [-0.05, 0) is 37.8 Å². The number of aliphatic hydroxyl groups excluding tert-OH is 1. The highest BCUT2D eigenvalue weighted by atomic mass is 16.5. The fourth-order valence-electron chi connectivity index (χ4n) is 3.14. The number of esters is 1. The summed E-state index contributed by atoms with van der Waals surface area (Å²) < 4.78 is 15.5. The third-order valence-electron chi connectivity index (χ3n) is 4.54. The highest BCUT2D eigenvalue weighted by Gasteiger charge is 2.33. The van der Waals surface area contributed by atoms with Gasteiger partial charge in [-0.25, -0.2) is 0 Å². The molecule has 0 radical (unpaired) electrons. The van der Waals surface area contributed by atoms with Crippen LogP contribution < -0.4 is 0 Å². The fraction of sp³-hybridized carbons (Fsp3) is 0.667. The summed E-state index contributed by atoms with van der Waals surface area (Å²) >= 11 is 0. The second-order valence-electron chi connectivity index (χ2n) is 6.18. The van der Waals surface area contributed by atoms with Crippen LogP contribution in [0.4, 0.5) is 0 Å². The number of rotatable bonds is 8. The molecule has 1 heterocycles. The normalized spacial score (nSPS) is 22.9. The minimum Gasteiger partial charge on any atom is -0.493 e. The SMILES string of the molecule is COC(=O)CCCOC1=CC(C(=O)N2CCCC[C@H]2CO)C=C1OC. The highest BCUT2D eigenvalue weighted by Crippen LogP contribution is 2.29. The number of nitrogens with zero attached hydrogens (tertiary/aromatic N) is 1. The van der Waals surface area contributed by atoms with Crippen LogP contribution in [0.3, 0.4) is 0 Å². The quantitative estimate of drug-likeness (QED) is 0.524. The van der Waals surface area contributed by atoms with E-state index in [1.807, 2.05) is 0 Å². The zero-order valence-corrected chi connectivity index (χ0v) is 14.9. The molecule has 1 N–H and O–H groups in total. The second-order valence-corrected chi connectivity index (χ2v) is 6.18. The van der Waals surface area contributed by atoms with Gasteiger partial charge in [-0.15, -0.1) is 0 Å². The van der Waals surface area contributed by atoms with Crippen LogP contribution >= 0.6 is 0 Å². The van der Waals surface area contributed by atoms with Gasteiger partial charge in [0.1, 0.15) is 0 Å². The van der Waals surface area contributed by atoms with Gasteiger partial charge in [-0.2, -0.15) is 0 Å². The Morgan fingerprint density at radius 3 is 2.68 bits per heavy atom. The molecule has 1 fully saturated rings. The van der Waals surface area contributed by atoms with Gasteiger partial charge in [0, 0.05) is 13.0 Å². The Morgan fingerprint density at radius 2 is 2.00 bits per heavy atom. The van der Waals surface area contributed by atoms with Crippen molar-refractivity contribution in [3.63, 3.8) is 0 Å². The van der Waals surface area contributed by atoms with Crippen molar-refractivity contribution in [1.82, 2.24) is 4.90 Å². The molecular weight excluding hydrogens is 326 g/mol. The molecule has 2 atom stereocenters. The lowest BCUT2D eigenvalue weighted by atomic mass is 10.00. The average molecular weight is 353 g/mol. The summed E-state index contributed by atoms with van der Waals surface area (Å²) in [7, 11) is 2.88. The van der Waals surface area contributed by atoms with Crippen molar-refractivity contribution in [3.8, 4) is 0 Å². The summed E-state index contributed by atoms with van der Waals surface area (Å²) in [5.74, 6) is 0.274. The van der Waals surface area contributed by atoms with E-state index in [2.05, 4.69) is 4.74 Å². The molecule has 0 spiro atoms. The number of aliphatic hydroxyl groups is 1. The topological polar surface area (TPSA) is 85.3 Å². The maximum absolute atomic E-state index is 12.8. The van der Waals surface area contributed by atoms with Gasteiger partial charge in [0.05, 0.1) is 39.4 Å². The molecule has 0 bridgehead atoms. The Morgan fingerprint density at radius 1 is 1.24 bits per heavy atom. The zero-order valence-electron chi connectivity index (χ0n) is 14.9. The first kappa shape index (κ1) is 19.3. The van der Waals surface area contributed by atoms with Gasteiger partial charge in [-0.1, -0.05) is 0 Å². The van der Waals surface area contributed by atoms with E-state index in [4.69, 9.17) is 9.47 Å². The lowest BCUT2D eigenvalue weighted by Gasteiger charge is -2.35. The molecule has 7 heteroatoms. The number of amides is 1. The minimum atomic E-state index is -0.447. The Bertz CT molecular complexity index is 542. The Kier molecular flexibility index (Phi) is 7.31. The first-order chi connectivity index (χ1) is 12.1. The molecule has 140 valence electrons. The maximum atomic E-state index is 12.8. The van der Waals surface area contributed by atoms with Crippen molar-refractivity contribution < 1.29 is 28.9 Å². The third kappa shape index (κ3) is 4.98. The van der Waals surface area contributed by atoms with Crippen LogP contribution in [0.5, 0.6) is 0 Å². The fourth-order valence-corrected chi connectivity index (χ4v) is 3.14. The van der Waals surface area contributed by atoms with Crippen LogP contribution in [0, 0.1) is 5.92 Å². The van der Waals surface area contributed by atoms with Crippen LogP contribution in [-0.4, -0.2) is 61.9 Å². The van der Waals surface area contributed by atoms with E-state index in [9.17, 15) is 14.7 Å². The smallest absolute Gasteiger partial charge is 0.305 e. The average Bonchev–Trinajstić information content (AvgIpc) is 3.07. The van der Waals surface area contributed by atoms with Gasteiger partial charge in [0.2, 0.25) is 5.91 Å². The first-order valence-corrected chi connectivity index (χ1v) is 8.69. The number of hydrogen-bond donors (Lipinski definition) is 1. The maximum Gasteiger partial charge on any atom is 0.305 e. The summed E-state index contributed by atoms with van der Waals surface area (Å²) in [5, 5.41) is 9.50. The zero-order chi connectivity index (χ0) is 18.2. The number of carbonyl (C=O) groups excluding carboxylic acids is 2. The van der Waals surface area contributed by atoms with Crippen molar-refractivity contribution >= 4 is 11.9 Å². The standard InChI is InChI=1S/C18H27NO6/c1-23-15-10-13(11-16(15)25-9-5-7-17(21)24-2)18(22)19-8-4-3-6-14(19)12-20/h10-11,13-14,20H,3-9,12H2,1-2H3/t13?,14-/m0/s1. The van der Waals surface area contributed by atoms with Crippen molar-refractivity contribution in [2.75, 3.05) is 34.0 Å². The highest BCUT2D eigenvalue weighted by molar-refractivity contribution is 5.84. The molecule has 0 saturated carbocycles. The van der Waals surface area contributed by atoms with E-state index in [1.54, 1.807) is 17.1 Å². The lowest BCUT2D eigenvalue weighted by Crippen LogP contribution is -2.47. The van der Waals surface area contributed by atoms with Crippen LogP contribution in [0.25, 0.3) is 0 Å². The summed E-state index contributed by atoms with van der Waals surface area (Å²) in [6.45, 7) is 0.991. The lowest BCUT2D eigenvalue weighted by molar-refractivity contribution is -0.141. The van der Waals surface area contributed by atoms with Gasteiger partial charge < -0.3 is 24.2 Å². The third-order valence-corrected chi connectivity index (χ3v) is 4.54. The minimum absolute atomic E-state index is 0.0140. The van der Waals surface area contributed by atoms with Crippen molar-refractivity contribution in [3.05, 3.63) is 23.7 Å². The molecule has 1 amide bonds. The molecule has 1 unspecified atom stereocenters. The predicted molar refractivity (Wildman–Crippen MR) is 90.3 cm³/mol. The van der Waals surface area contributed by atoms with Crippen molar-refractivity contribution in [2.24, 2.45) is 5.92 Å². The Labute approximate surface area is 148 Å². The number of methoxy groups -OCH3 is 2. The molecule has 2 rings (SSSR count). The van der Waals surface area contributed by atoms with E-state index < -0.39 is 5.92 Å². The van der Waals surface area contributed by atoms with E-state index in [0.29, 0.717) is 31.1 Å². The number of piperidine rings is 1. The number of carbonyl (C=O) groups is 2.